The average molecular weight is 343 g/mol. The molecule has 1 aromatic carbocycles. The third-order valence-electron chi connectivity index (χ3n) is 4.28. The molecule has 0 unspecified atom stereocenters. The molecule has 0 saturated carbocycles. The molecule has 1 saturated heterocycles. The SMILES string of the molecule is COc1ccc(C(=O)N2CCN(C(=O)CCn3cncn3)CC2)cc1. The van der Waals surface area contributed by atoms with E-state index in [0.29, 0.717) is 44.7 Å². The van der Waals surface area contributed by atoms with Crippen LogP contribution in [0.3, 0.4) is 0 Å². The van der Waals surface area contributed by atoms with Gasteiger partial charge >= 0.3 is 0 Å². The molecule has 0 spiro atoms. The van der Waals surface area contributed by atoms with Gasteiger partial charge in [0.2, 0.25) is 5.91 Å². The molecule has 2 aromatic rings. The number of hydrogen-bond acceptors (Lipinski definition) is 5. The summed E-state index contributed by atoms with van der Waals surface area (Å²) in [5, 5.41) is 3.99. The van der Waals surface area contributed by atoms with E-state index in [-0.39, 0.29) is 11.8 Å². The van der Waals surface area contributed by atoms with E-state index < -0.39 is 0 Å². The van der Waals surface area contributed by atoms with E-state index in [1.807, 2.05) is 0 Å². The molecule has 132 valence electrons. The standard InChI is InChI=1S/C17H21N5O3/c1-25-15-4-2-14(3-5-15)17(24)21-10-8-20(9-11-21)16(23)6-7-22-13-18-12-19-22/h2-5,12-13H,6-11H2,1H3. The van der Waals surface area contributed by atoms with Crippen LogP contribution in [0.5, 0.6) is 5.75 Å². The molecule has 0 atom stereocenters. The highest BCUT2D eigenvalue weighted by Crippen LogP contribution is 2.14. The molecule has 3 rings (SSSR count). The minimum absolute atomic E-state index is 0.0163. The second-order valence-electron chi connectivity index (χ2n) is 5.81. The molecule has 1 aliphatic heterocycles. The van der Waals surface area contributed by atoms with Crippen LogP contribution in [0.1, 0.15) is 16.8 Å². The summed E-state index contributed by atoms with van der Waals surface area (Å²) >= 11 is 0. The lowest BCUT2D eigenvalue weighted by Crippen LogP contribution is -2.50. The lowest BCUT2D eigenvalue weighted by atomic mass is 10.1. The first kappa shape index (κ1) is 16.9. The fourth-order valence-electron chi connectivity index (χ4n) is 2.79. The predicted molar refractivity (Wildman–Crippen MR) is 90.1 cm³/mol. The van der Waals surface area contributed by atoms with Gasteiger partial charge in [0.25, 0.3) is 5.91 Å². The molecular formula is C17H21N5O3. The zero-order chi connectivity index (χ0) is 17.6. The number of ether oxygens (including phenoxy) is 1. The van der Waals surface area contributed by atoms with Gasteiger partial charge in [-0.3, -0.25) is 14.3 Å². The number of hydrogen-bond donors (Lipinski definition) is 0. The number of benzene rings is 1. The van der Waals surface area contributed by atoms with Gasteiger partial charge in [0.15, 0.2) is 0 Å². The Morgan fingerprint density at radius 1 is 1.08 bits per heavy atom. The zero-order valence-corrected chi connectivity index (χ0v) is 14.2. The summed E-state index contributed by atoms with van der Waals surface area (Å²) < 4.78 is 6.75. The van der Waals surface area contributed by atoms with Crippen molar-refractivity contribution in [1.82, 2.24) is 24.6 Å². The van der Waals surface area contributed by atoms with Crippen molar-refractivity contribution in [2.24, 2.45) is 0 Å². The molecule has 8 heteroatoms. The summed E-state index contributed by atoms with van der Waals surface area (Å²) in [6, 6.07) is 7.07. The Bertz CT molecular complexity index is 706. The number of piperazine rings is 1. The lowest BCUT2D eigenvalue weighted by molar-refractivity contribution is -0.132. The van der Waals surface area contributed by atoms with Gasteiger partial charge in [-0.1, -0.05) is 0 Å². The van der Waals surface area contributed by atoms with Crippen LogP contribution in [0.4, 0.5) is 0 Å². The van der Waals surface area contributed by atoms with Crippen molar-refractivity contribution in [2.45, 2.75) is 13.0 Å². The summed E-state index contributed by atoms with van der Waals surface area (Å²) in [4.78, 5) is 32.2. The molecule has 25 heavy (non-hydrogen) atoms. The van der Waals surface area contributed by atoms with Crippen LogP contribution < -0.4 is 4.74 Å². The first-order chi connectivity index (χ1) is 12.2. The Morgan fingerprint density at radius 3 is 2.36 bits per heavy atom. The number of aryl methyl sites for hydroxylation is 1. The summed E-state index contributed by atoms with van der Waals surface area (Å²) in [6.45, 7) is 2.71. The highest BCUT2D eigenvalue weighted by Gasteiger charge is 2.24. The monoisotopic (exact) mass is 343 g/mol. The van der Waals surface area contributed by atoms with E-state index in [1.165, 1.54) is 6.33 Å². The van der Waals surface area contributed by atoms with Gasteiger partial charge in [-0.2, -0.15) is 5.10 Å². The Balaban J connectivity index is 1.48. The molecule has 0 aliphatic carbocycles. The summed E-state index contributed by atoms with van der Waals surface area (Å²) in [5.41, 5.74) is 0.631. The maximum Gasteiger partial charge on any atom is 0.253 e. The molecule has 1 aromatic heterocycles. The number of carbonyl (C=O) groups excluding carboxylic acids is 2. The number of carbonyl (C=O) groups is 2. The summed E-state index contributed by atoms with van der Waals surface area (Å²) in [6.07, 6.45) is 3.43. The molecule has 0 bridgehead atoms. The van der Waals surface area contributed by atoms with E-state index in [4.69, 9.17) is 4.74 Å². The zero-order valence-electron chi connectivity index (χ0n) is 14.2. The highest BCUT2D eigenvalue weighted by atomic mass is 16.5. The molecule has 0 radical (unpaired) electrons. The van der Waals surface area contributed by atoms with Gasteiger partial charge in [-0.15, -0.1) is 0 Å². The fourth-order valence-corrected chi connectivity index (χ4v) is 2.79. The quantitative estimate of drug-likeness (QED) is 0.797. The lowest BCUT2D eigenvalue weighted by Gasteiger charge is -2.35. The van der Waals surface area contributed by atoms with E-state index in [1.54, 1.807) is 52.2 Å². The van der Waals surface area contributed by atoms with Crippen molar-refractivity contribution in [2.75, 3.05) is 33.3 Å². The Hall–Kier alpha value is -2.90. The smallest absolute Gasteiger partial charge is 0.253 e. The molecule has 2 amide bonds. The Kier molecular flexibility index (Phi) is 5.27. The number of rotatable bonds is 5. The van der Waals surface area contributed by atoms with Crippen molar-refractivity contribution >= 4 is 11.8 Å². The van der Waals surface area contributed by atoms with Gasteiger partial charge in [-0.25, -0.2) is 4.98 Å². The highest BCUT2D eigenvalue weighted by molar-refractivity contribution is 5.94. The second-order valence-corrected chi connectivity index (χ2v) is 5.81. The first-order valence-electron chi connectivity index (χ1n) is 8.21. The third-order valence-corrected chi connectivity index (χ3v) is 4.28. The third kappa shape index (κ3) is 4.14. The minimum atomic E-state index is -0.0163. The molecule has 2 heterocycles. The first-order valence-corrected chi connectivity index (χ1v) is 8.21. The summed E-state index contributed by atoms with van der Waals surface area (Å²) in [7, 11) is 1.59. The maximum atomic E-state index is 12.5. The molecular weight excluding hydrogens is 322 g/mol. The Morgan fingerprint density at radius 2 is 1.76 bits per heavy atom. The molecule has 0 N–H and O–H groups in total. The second kappa shape index (κ2) is 7.78. The molecule has 1 aliphatic rings. The largest absolute Gasteiger partial charge is 0.497 e. The van der Waals surface area contributed by atoms with E-state index in [0.717, 1.165) is 5.75 Å². The topological polar surface area (TPSA) is 80.6 Å². The van der Waals surface area contributed by atoms with Crippen molar-refractivity contribution in [1.29, 1.82) is 0 Å². The van der Waals surface area contributed by atoms with Crippen LogP contribution in [0, 0.1) is 0 Å². The molecule has 8 nitrogen and oxygen atoms in total. The van der Waals surface area contributed by atoms with E-state index in [9.17, 15) is 9.59 Å². The van der Waals surface area contributed by atoms with Crippen LogP contribution in [-0.4, -0.2) is 69.7 Å². The van der Waals surface area contributed by atoms with Crippen LogP contribution in [0.2, 0.25) is 0 Å². The van der Waals surface area contributed by atoms with E-state index >= 15 is 0 Å². The summed E-state index contributed by atoms with van der Waals surface area (Å²) in [5.74, 6) is 0.781. The number of methoxy groups -OCH3 is 1. The Labute approximate surface area is 146 Å². The molecule has 1 fully saturated rings. The van der Waals surface area contributed by atoms with Crippen molar-refractivity contribution in [3.63, 3.8) is 0 Å². The average Bonchev–Trinajstić information content (AvgIpc) is 3.19. The fraction of sp³-hybridized carbons (Fsp3) is 0.412. The van der Waals surface area contributed by atoms with Crippen LogP contribution in [0.25, 0.3) is 0 Å². The van der Waals surface area contributed by atoms with E-state index in [2.05, 4.69) is 10.1 Å². The van der Waals surface area contributed by atoms with Crippen LogP contribution in [0.15, 0.2) is 36.9 Å². The van der Waals surface area contributed by atoms with Gasteiger partial charge < -0.3 is 14.5 Å². The van der Waals surface area contributed by atoms with Gasteiger partial charge in [-0.05, 0) is 24.3 Å². The minimum Gasteiger partial charge on any atom is -0.497 e. The normalized spacial score (nSPS) is 14.4. The van der Waals surface area contributed by atoms with Crippen LogP contribution >= 0.6 is 0 Å². The van der Waals surface area contributed by atoms with Crippen LogP contribution in [-0.2, 0) is 11.3 Å². The predicted octanol–water partition coefficient (Wildman–Crippen LogP) is 0.661. The maximum absolute atomic E-state index is 12.5. The number of amides is 2. The van der Waals surface area contributed by atoms with Crippen molar-refractivity contribution in [3.8, 4) is 5.75 Å². The van der Waals surface area contributed by atoms with Crippen molar-refractivity contribution < 1.29 is 14.3 Å². The van der Waals surface area contributed by atoms with Crippen molar-refractivity contribution in [3.05, 3.63) is 42.5 Å². The number of aromatic nitrogens is 3. The van der Waals surface area contributed by atoms with Gasteiger partial charge in [0.05, 0.1) is 13.7 Å². The number of nitrogens with zero attached hydrogens (tertiary/aromatic N) is 5. The van der Waals surface area contributed by atoms with Gasteiger partial charge in [0.1, 0.15) is 18.4 Å². The van der Waals surface area contributed by atoms with Gasteiger partial charge in [0, 0.05) is 38.2 Å².